The lowest BCUT2D eigenvalue weighted by Gasteiger charge is -2.36. The Labute approximate surface area is 170 Å². The summed E-state index contributed by atoms with van der Waals surface area (Å²) in [4.78, 5) is 16.6. The van der Waals surface area contributed by atoms with E-state index in [4.69, 9.17) is 4.74 Å². The number of likely N-dealkylation sites (tertiary alicyclic amines) is 1. The van der Waals surface area contributed by atoms with Crippen LogP contribution < -0.4 is 4.90 Å². The first-order valence-corrected chi connectivity index (χ1v) is 10.8. The van der Waals surface area contributed by atoms with Crippen LogP contribution in [0.4, 0.5) is 5.69 Å². The molecule has 0 aliphatic carbocycles. The number of aldehydes is 1. The van der Waals surface area contributed by atoms with Crippen LogP contribution in [0.15, 0.2) is 12.1 Å². The molecule has 28 heavy (non-hydrogen) atoms. The fraction of sp³-hybridized carbons (Fsp3) is 0.625. The number of hydrogen-bond donors (Lipinski definition) is 0. The van der Waals surface area contributed by atoms with E-state index in [-0.39, 0.29) is 0 Å². The zero-order valence-corrected chi connectivity index (χ0v) is 17.7. The molecule has 4 heteroatoms. The van der Waals surface area contributed by atoms with Crippen LogP contribution in [-0.2, 0) is 4.74 Å². The van der Waals surface area contributed by atoms with Crippen LogP contribution in [0.2, 0.25) is 0 Å². The Kier molecular flexibility index (Phi) is 7.53. The zero-order valence-electron chi connectivity index (χ0n) is 17.7. The molecule has 3 rings (SSSR count). The van der Waals surface area contributed by atoms with Gasteiger partial charge in [-0.2, -0.15) is 0 Å². The van der Waals surface area contributed by atoms with Crippen molar-refractivity contribution in [2.45, 2.75) is 52.5 Å². The molecule has 0 unspecified atom stereocenters. The number of piperidine rings is 1. The van der Waals surface area contributed by atoms with Crippen molar-refractivity contribution in [3.05, 3.63) is 28.8 Å². The highest BCUT2D eigenvalue weighted by Gasteiger charge is 2.23. The van der Waals surface area contributed by atoms with Crippen molar-refractivity contribution in [2.24, 2.45) is 5.92 Å². The van der Waals surface area contributed by atoms with Crippen molar-refractivity contribution in [3.8, 4) is 11.8 Å². The van der Waals surface area contributed by atoms with Gasteiger partial charge in [0.2, 0.25) is 0 Å². The molecule has 152 valence electrons. The Balaban J connectivity index is 1.84. The van der Waals surface area contributed by atoms with Gasteiger partial charge in [-0.25, -0.2) is 0 Å². The first kappa shape index (κ1) is 20.9. The van der Waals surface area contributed by atoms with E-state index in [2.05, 4.69) is 48.5 Å². The minimum atomic E-state index is 0.463. The van der Waals surface area contributed by atoms with Gasteiger partial charge in [-0.1, -0.05) is 18.8 Å². The predicted molar refractivity (Wildman–Crippen MR) is 115 cm³/mol. The summed E-state index contributed by atoms with van der Waals surface area (Å²) >= 11 is 0. The maximum absolute atomic E-state index is 11.7. The van der Waals surface area contributed by atoms with Crippen molar-refractivity contribution in [1.82, 2.24) is 4.90 Å². The Morgan fingerprint density at radius 2 is 1.89 bits per heavy atom. The van der Waals surface area contributed by atoms with Crippen LogP contribution in [0, 0.1) is 24.7 Å². The van der Waals surface area contributed by atoms with E-state index in [9.17, 15) is 4.79 Å². The molecular formula is C24H34N2O2. The van der Waals surface area contributed by atoms with Crippen LogP contribution in [0.5, 0.6) is 0 Å². The fourth-order valence-electron chi connectivity index (χ4n) is 4.41. The number of benzene rings is 1. The number of carbonyl (C=O) groups excluding carboxylic acids is 1. The SMILES string of the molecule is CCN1CCC(C#Cc2cc(C=O)c(C)c(N(CC)C3CCOCC3)c2)CC1. The number of rotatable bonds is 5. The van der Waals surface area contributed by atoms with Gasteiger partial charge in [-0.3, -0.25) is 4.79 Å². The van der Waals surface area contributed by atoms with Crippen molar-refractivity contribution in [3.63, 3.8) is 0 Å². The number of hydrogen-bond acceptors (Lipinski definition) is 4. The van der Waals surface area contributed by atoms with Crippen LogP contribution in [0.1, 0.15) is 61.0 Å². The third kappa shape index (κ3) is 4.96. The van der Waals surface area contributed by atoms with E-state index in [1.807, 2.05) is 6.07 Å². The van der Waals surface area contributed by atoms with E-state index in [0.29, 0.717) is 12.0 Å². The monoisotopic (exact) mass is 382 g/mol. The van der Waals surface area contributed by atoms with Gasteiger partial charge in [0.1, 0.15) is 6.29 Å². The lowest BCUT2D eigenvalue weighted by molar-refractivity contribution is 0.0846. The second-order valence-electron chi connectivity index (χ2n) is 7.93. The van der Waals surface area contributed by atoms with Crippen molar-refractivity contribution < 1.29 is 9.53 Å². The quantitative estimate of drug-likeness (QED) is 0.571. The zero-order chi connectivity index (χ0) is 19.9. The summed E-state index contributed by atoms with van der Waals surface area (Å²) in [6.45, 7) is 12.4. The normalized spacial score (nSPS) is 19.1. The Morgan fingerprint density at radius 1 is 1.18 bits per heavy atom. The second kappa shape index (κ2) is 10.1. The van der Waals surface area contributed by atoms with Crippen LogP contribution >= 0.6 is 0 Å². The maximum atomic E-state index is 11.7. The first-order valence-electron chi connectivity index (χ1n) is 10.8. The Hall–Kier alpha value is -1.83. The van der Waals surface area contributed by atoms with Crippen molar-refractivity contribution in [1.29, 1.82) is 0 Å². The minimum Gasteiger partial charge on any atom is -0.381 e. The van der Waals surface area contributed by atoms with E-state index >= 15 is 0 Å². The highest BCUT2D eigenvalue weighted by Crippen LogP contribution is 2.29. The number of nitrogens with zero attached hydrogens (tertiary/aromatic N) is 2. The highest BCUT2D eigenvalue weighted by molar-refractivity contribution is 5.82. The topological polar surface area (TPSA) is 32.8 Å². The van der Waals surface area contributed by atoms with Gasteiger partial charge in [-0.15, -0.1) is 0 Å². The summed E-state index contributed by atoms with van der Waals surface area (Å²) in [5.41, 5.74) is 3.94. The minimum absolute atomic E-state index is 0.463. The van der Waals surface area contributed by atoms with E-state index in [0.717, 1.165) is 93.7 Å². The summed E-state index contributed by atoms with van der Waals surface area (Å²) in [6.07, 6.45) is 5.33. The summed E-state index contributed by atoms with van der Waals surface area (Å²) in [6, 6.07) is 4.62. The average Bonchev–Trinajstić information content (AvgIpc) is 2.75. The molecule has 0 aromatic heterocycles. The molecule has 2 aliphatic rings. The standard InChI is InChI=1S/C24H34N2O2/c1-4-25-12-8-20(9-13-25)6-7-21-16-22(18-27)19(3)24(17-21)26(5-2)23-10-14-28-15-11-23/h16-18,20,23H,4-5,8-15H2,1-3H3. The van der Waals surface area contributed by atoms with Crippen LogP contribution in [-0.4, -0.2) is 56.6 Å². The van der Waals surface area contributed by atoms with Crippen molar-refractivity contribution >= 4 is 12.0 Å². The molecule has 2 aliphatic heterocycles. The molecule has 0 spiro atoms. The smallest absolute Gasteiger partial charge is 0.150 e. The molecule has 1 aromatic carbocycles. The van der Waals surface area contributed by atoms with Gasteiger partial charge in [0.15, 0.2) is 0 Å². The van der Waals surface area contributed by atoms with Gasteiger partial charge in [0.05, 0.1) is 0 Å². The average molecular weight is 383 g/mol. The molecule has 0 bridgehead atoms. The van der Waals surface area contributed by atoms with E-state index in [1.54, 1.807) is 0 Å². The van der Waals surface area contributed by atoms with Gasteiger partial charge in [0, 0.05) is 48.5 Å². The lowest BCUT2D eigenvalue weighted by Crippen LogP contribution is -2.40. The van der Waals surface area contributed by atoms with Gasteiger partial charge >= 0.3 is 0 Å². The molecule has 0 saturated carbocycles. The fourth-order valence-corrected chi connectivity index (χ4v) is 4.41. The second-order valence-corrected chi connectivity index (χ2v) is 7.93. The molecule has 4 nitrogen and oxygen atoms in total. The first-order chi connectivity index (χ1) is 13.7. The molecular weight excluding hydrogens is 348 g/mol. The summed E-state index contributed by atoms with van der Waals surface area (Å²) in [7, 11) is 0. The third-order valence-electron chi connectivity index (χ3n) is 6.28. The highest BCUT2D eigenvalue weighted by atomic mass is 16.5. The predicted octanol–water partition coefficient (Wildman–Crippen LogP) is 3.90. The van der Waals surface area contributed by atoms with Crippen LogP contribution in [0.3, 0.4) is 0 Å². The molecule has 2 heterocycles. The molecule has 1 aromatic rings. The van der Waals surface area contributed by atoms with Gasteiger partial charge < -0.3 is 14.5 Å². The van der Waals surface area contributed by atoms with Gasteiger partial charge in [-0.05, 0) is 76.9 Å². The van der Waals surface area contributed by atoms with E-state index < -0.39 is 0 Å². The Morgan fingerprint density at radius 3 is 2.50 bits per heavy atom. The lowest BCUT2D eigenvalue weighted by atomic mass is 9.96. The number of anilines is 1. The molecule has 0 amide bonds. The number of ether oxygens (including phenoxy) is 1. The number of carbonyl (C=O) groups is 1. The van der Waals surface area contributed by atoms with Crippen molar-refractivity contribution in [2.75, 3.05) is 44.3 Å². The molecule has 0 N–H and O–H groups in total. The third-order valence-corrected chi connectivity index (χ3v) is 6.28. The summed E-state index contributed by atoms with van der Waals surface area (Å²) in [5.74, 6) is 7.34. The molecule has 2 saturated heterocycles. The van der Waals surface area contributed by atoms with Crippen LogP contribution in [0.25, 0.3) is 0 Å². The Bertz CT molecular complexity index is 720. The maximum Gasteiger partial charge on any atom is 0.150 e. The molecule has 2 fully saturated rings. The summed E-state index contributed by atoms with van der Waals surface area (Å²) in [5, 5.41) is 0. The molecule has 0 atom stereocenters. The summed E-state index contributed by atoms with van der Waals surface area (Å²) < 4.78 is 5.54. The van der Waals surface area contributed by atoms with E-state index in [1.165, 1.54) is 0 Å². The van der Waals surface area contributed by atoms with Gasteiger partial charge in [0.25, 0.3) is 0 Å². The largest absolute Gasteiger partial charge is 0.381 e. The molecule has 0 radical (unpaired) electrons.